The molecule has 0 saturated heterocycles. The Morgan fingerprint density at radius 1 is 0.920 bits per heavy atom. The maximum atomic E-state index is 2.48. The van der Waals surface area contributed by atoms with Gasteiger partial charge in [-0.25, -0.2) is 0 Å². The van der Waals surface area contributed by atoms with Crippen LogP contribution in [-0.4, -0.2) is 5.75 Å². The van der Waals surface area contributed by atoms with E-state index in [1.54, 1.807) is 5.57 Å². The second-order valence-corrected chi connectivity index (χ2v) is 9.18. The van der Waals surface area contributed by atoms with Crippen molar-refractivity contribution in [2.45, 2.75) is 79.0 Å². The summed E-state index contributed by atoms with van der Waals surface area (Å²) >= 11 is 1.92. The van der Waals surface area contributed by atoms with Gasteiger partial charge in [-0.1, -0.05) is 76.1 Å². The molecule has 1 heteroatoms. The van der Waals surface area contributed by atoms with E-state index in [0.29, 0.717) is 10.8 Å². The van der Waals surface area contributed by atoms with Crippen molar-refractivity contribution >= 4 is 11.8 Å². The number of thioether (sulfide) groups is 1. The number of rotatable bonds is 10. The third-order valence-corrected chi connectivity index (χ3v) is 7.15. The van der Waals surface area contributed by atoms with Crippen LogP contribution in [0.25, 0.3) is 0 Å². The number of hydrogen-bond acceptors (Lipinski definition) is 1. The molecule has 0 aromatic heterocycles. The van der Waals surface area contributed by atoms with Crippen LogP contribution in [0.5, 0.6) is 0 Å². The third-order valence-electron chi connectivity index (χ3n) is 6.21. The second-order valence-electron chi connectivity index (χ2n) is 8.09. The SMILES string of the molecule is CCC(C)(C)/C(C)=C/CCC(C)(CC)/C(C)=C/CSc1ccccc1. The Morgan fingerprint density at radius 2 is 1.56 bits per heavy atom. The van der Waals surface area contributed by atoms with Crippen LogP contribution in [0.15, 0.2) is 58.5 Å². The van der Waals surface area contributed by atoms with E-state index in [1.807, 2.05) is 11.8 Å². The lowest BCUT2D eigenvalue weighted by atomic mass is 9.75. The van der Waals surface area contributed by atoms with Gasteiger partial charge < -0.3 is 0 Å². The first-order valence-corrected chi connectivity index (χ1v) is 10.8. The molecule has 1 unspecified atom stereocenters. The summed E-state index contributed by atoms with van der Waals surface area (Å²) in [6.45, 7) is 16.4. The highest BCUT2D eigenvalue weighted by Gasteiger charge is 2.24. The van der Waals surface area contributed by atoms with Gasteiger partial charge in [0.25, 0.3) is 0 Å². The van der Waals surface area contributed by atoms with Crippen LogP contribution < -0.4 is 0 Å². The molecule has 1 aromatic rings. The van der Waals surface area contributed by atoms with Gasteiger partial charge in [-0.15, -0.1) is 11.8 Å². The summed E-state index contributed by atoms with van der Waals surface area (Å²) in [5.74, 6) is 1.06. The zero-order valence-electron chi connectivity index (χ0n) is 17.5. The van der Waals surface area contributed by atoms with Crippen molar-refractivity contribution in [3.63, 3.8) is 0 Å². The predicted octanol–water partition coefficient (Wildman–Crippen LogP) is 8.30. The first kappa shape index (κ1) is 22.1. The van der Waals surface area contributed by atoms with Crippen LogP contribution in [-0.2, 0) is 0 Å². The zero-order valence-corrected chi connectivity index (χ0v) is 18.3. The molecule has 0 heterocycles. The molecule has 0 N–H and O–H groups in total. The van der Waals surface area contributed by atoms with Crippen LogP contribution in [0.1, 0.15) is 74.1 Å². The minimum Gasteiger partial charge on any atom is -0.122 e. The lowest BCUT2D eigenvalue weighted by Crippen LogP contribution is -2.17. The molecule has 0 amide bonds. The van der Waals surface area contributed by atoms with Gasteiger partial charge in [0.1, 0.15) is 0 Å². The van der Waals surface area contributed by atoms with Crippen molar-refractivity contribution in [2.24, 2.45) is 10.8 Å². The average Bonchev–Trinajstić information content (AvgIpc) is 2.62. The number of benzene rings is 1. The highest BCUT2D eigenvalue weighted by atomic mass is 32.2. The molecule has 0 nitrogen and oxygen atoms in total. The average molecular weight is 359 g/mol. The first-order valence-electron chi connectivity index (χ1n) is 9.77. The van der Waals surface area contributed by atoms with Crippen LogP contribution in [0.4, 0.5) is 0 Å². The van der Waals surface area contributed by atoms with E-state index in [2.05, 4.69) is 91.0 Å². The highest BCUT2D eigenvalue weighted by molar-refractivity contribution is 7.99. The van der Waals surface area contributed by atoms with Gasteiger partial charge in [-0.3, -0.25) is 0 Å². The summed E-state index contributed by atoms with van der Waals surface area (Å²) < 4.78 is 0. The summed E-state index contributed by atoms with van der Waals surface area (Å²) in [7, 11) is 0. The summed E-state index contributed by atoms with van der Waals surface area (Å²) in [6.07, 6.45) is 9.73. The Morgan fingerprint density at radius 3 is 2.12 bits per heavy atom. The number of hydrogen-bond donors (Lipinski definition) is 0. The standard InChI is InChI=1S/C24H38S/c1-8-23(5,6)20(3)14-13-18-24(7,9-2)21(4)17-19-25-22-15-11-10-12-16-22/h10-12,14-17H,8-9,13,18-19H2,1-7H3/b20-14+,21-17+. The van der Waals surface area contributed by atoms with Gasteiger partial charge in [-0.2, -0.15) is 0 Å². The fourth-order valence-electron chi connectivity index (χ4n) is 2.84. The first-order chi connectivity index (χ1) is 11.7. The summed E-state index contributed by atoms with van der Waals surface area (Å²) in [5, 5.41) is 0. The minimum absolute atomic E-state index is 0.310. The van der Waals surface area contributed by atoms with Gasteiger partial charge in [0, 0.05) is 10.6 Å². The Balaban J connectivity index is 2.64. The van der Waals surface area contributed by atoms with E-state index in [9.17, 15) is 0 Å². The van der Waals surface area contributed by atoms with Gasteiger partial charge >= 0.3 is 0 Å². The molecule has 0 aliphatic heterocycles. The third kappa shape index (κ3) is 7.05. The fourth-order valence-corrected chi connectivity index (χ4v) is 3.72. The maximum Gasteiger partial charge on any atom is 0.0163 e. The molecule has 0 aliphatic carbocycles. The van der Waals surface area contributed by atoms with E-state index in [0.717, 1.165) is 5.75 Å². The van der Waals surface area contributed by atoms with Gasteiger partial charge in [0.15, 0.2) is 0 Å². The Kier molecular flexibility index (Phi) is 9.07. The van der Waals surface area contributed by atoms with Crippen molar-refractivity contribution in [2.75, 3.05) is 5.75 Å². The van der Waals surface area contributed by atoms with Gasteiger partial charge in [-0.05, 0) is 62.5 Å². The molecule has 0 aliphatic rings. The molecule has 1 aromatic carbocycles. The Hall–Kier alpha value is -0.950. The smallest absolute Gasteiger partial charge is 0.0163 e. The molecule has 0 radical (unpaired) electrons. The Bertz CT molecular complexity index is 565. The van der Waals surface area contributed by atoms with E-state index in [4.69, 9.17) is 0 Å². The molecule has 0 saturated carbocycles. The lowest BCUT2D eigenvalue weighted by molar-refractivity contribution is 0.351. The molecule has 1 rings (SSSR count). The largest absolute Gasteiger partial charge is 0.122 e. The molecular weight excluding hydrogens is 320 g/mol. The number of allylic oxidation sites excluding steroid dienone is 3. The molecule has 0 fully saturated rings. The highest BCUT2D eigenvalue weighted by Crippen LogP contribution is 2.37. The summed E-state index contributed by atoms with van der Waals surface area (Å²) in [5.41, 5.74) is 3.72. The molecule has 1 atom stereocenters. The van der Waals surface area contributed by atoms with E-state index in [-0.39, 0.29) is 0 Å². The van der Waals surface area contributed by atoms with Crippen LogP contribution >= 0.6 is 11.8 Å². The second kappa shape index (κ2) is 10.3. The van der Waals surface area contributed by atoms with Gasteiger partial charge in [0.05, 0.1) is 0 Å². The van der Waals surface area contributed by atoms with Crippen molar-refractivity contribution in [1.29, 1.82) is 0 Å². The van der Waals surface area contributed by atoms with Crippen LogP contribution in [0.2, 0.25) is 0 Å². The molecule has 0 bridgehead atoms. The zero-order chi connectivity index (χ0) is 18.9. The fraction of sp³-hybridized carbons (Fsp3) is 0.583. The van der Waals surface area contributed by atoms with E-state index < -0.39 is 0 Å². The van der Waals surface area contributed by atoms with E-state index in [1.165, 1.54) is 36.2 Å². The van der Waals surface area contributed by atoms with Crippen molar-refractivity contribution in [3.05, 3.63) is 53.6 Å². The van der Waals surface area contributed by atoms with Crippen molar-refractivity contribution in [3.8, 4) is 0 Å². The Labute approximate surface area is 161 Å². The van der Waals surface area contributed by atoms with Crippen LogP contribution in [0.3, 0.4) is 0 Å². The molecular formula is C24H38S. The van der Waals surface area contributed by atoms with Crippen LogP contribution in [0, 0.1) is 10.8 Å². The minimum atomic E-state index is 0.310. The quantitative estimate of drug-likeness (QED) is 0.299. The summed E-state index contributed by atoms with van der Waals surface area (Å²) in [6, 6.07) is 10.7. The maximum absolute atomic E-state index is 2.48. The van der Waals surface area contributed by atoms with E-state index >= 15 is 0 Å². The predicted molar refractivity (Wildman–Crippen MR) is 116 cm³/mol. The monoisotopic (exact) mass is 358 g/mol. The summed E-state index contributed by atoms with van der Waals surface area (Å²) in [4.78, 5) is 1.35. The van der Waals surface area contributed by atoms with Gasteiger partial charge in [0.2, 0.25) is 0 Å². The molecule has 25 heavy (non-hydrogen) atoms. The molecule has 140 valence electrons. The lowest BCUT2D eigenvalue weighted by Gasteiger charge is -2.30. The molecule has 0 spiro atoms. The topological polar surface area (TPSA) is 0 Å². The van der Waals surface area contributed by atoms with Crippen molar-refractivity contribution < 1.29 is 0 Å². The normalized spacial score (nSPS) is 16.0. The van der Waals surface area contributed by atoms with Crippen molar-refractivity contribution in [1.82, 2.24) is 0 Å².